The van der Waals surface area contributed by atoms with Gasteiger partial charge in [0.2, 0.25) is 0 Å². The van der Waals surface area contributed by atoms with Crippen LogP contribution in [0.3, 0.4) is 0 Å². The molecule has 2 aromatic carbocycles. The van der Waals surface area contributed by atoms with Crippen LogP contribution in [0.5, 0.6) is 11.5 Å². The van der Waals surface area contributed by atoms with Crippen LogP contribution in [-0.4, -0.2) is 47.6 Å². The Morgan fingerprint density at radius 1 is 0.974 bits per heavy atom. The smallest absolute Gasteiger partial charge is 0.169 e. The standard InChI is InChI=1S/C30H34FN5O2/c31-24-6-5-17(13-28(24)38-20-7-9-33-10-8-20)29-22-11-18-15-36(16-19(22)12-23(18)29)26-14-25(34-35-30(26)32)21-3-1-2-4-27(21)37/h1-6,13-14,18-20,22-23,29,33,37H,7-12,15-16H2,(H2,32,35)/t18-,19-,22+,23?,29?/m0/s1. The molecule has 0 radical (unpaired) electrons. The van der Waals surface area contributed by atoms with Crippen molar-refractivity contribution in [3.63, 3.8) is 0 Å². The predicted molar refractivity (Wildman–Crippen MR) is 145 cm³/mol. The summed E-state index contributed by atoms with van der Waals surface area (Å²) in [6.45, 7) is 3.68. The van der Waals surface area contributed by atoms with Gasteiger partial charge in [-0.15, -0.1) is 10.2 Å². The molecule has 0 spiro atoms. The van der Waals surface area contributed by atoms with Crippen molar-refractivity contribution in [1.82, 2.24) is 15.5 Å². The van der Waals surface area contributed by atoms with E-state index < -0.39 is 0 Å². The zero-order chi connectivity index (χ0) is 25.8. The van der Waals surface area contributed by atoms with Gasteiger partial charge in [0.25, 0.3) is 0 Å². The zero-order valence-corrected chi connectivity index (χ0v) is 21.4. The maximum absolute atomic E-state index is 14.7. The predicted octanol–water partition coefficient (Wildman–Crippen LogP) is 4.58. The van der Waals surface area contributed by atoms with Gasteiger partial charge >= 0.3 is 0 Å². The second-order valence-corrected chi connectivity index (χ2v) is 11.5. The van der Waals surface area contributed by atoms with E-state index >= 15 is 0 Å². The second-order valence-electron chi connectivity index (χ2n) is 11.5. The highest BCUT2D eigenvalue weighted by Gasteiger charge is 2.56. The molecule has 198 valence electrons. The Hall–Kier alpha value is -3.39. The number of anilines is 2. The molecule has 4 bridgehead atoms. The highest BCUT2D eigenvalue weighted by atomic mass is 19.1. The number of aromatic nitrogens is 2. The molecule has 5 fully saturated rings. The van der Waals surface area contributed by atoms with Gasteiger partial charge in [-0.2, -0.15) is 0 Å². The number of nitrogens with two attached hydrogens (primary N) is 1. The van der Waals surface area contributed by atoms with E-state index in [4.69, 9.17) is 10.5 Å². The molecule has 5 atom stereocenters. The fourth-order valence-corrected chi connectivity index (χ4v) is 7.76. The fourth-order valence-electron chi connectivity index (χ4n) is 7.76. The first kappa shape index (κ1) is 23.7. The van der Waals surface area contributed by atoms with Gasteiger partial charge in [-0.1, -0.05) is 18.2 Å². The molecule has 8 heteroatoms. The van der Waals surface area contributed by atoms with Crippen molar-refractivity contribution in [2.75, 3.05) is 36.8 Å². The molecule has 38 heavy (non-hydrogen) atoms. The van der Waals surface area contributed by atoms with Crippen LogP contribution in [-0.2, 0) is 0 Å². The molecule has 2 aliphatic carbocycles. The van der Waals surface area contributed by atoms with Crippen LogP contribution in [0.15, 0.2) is 48.5 Å². The molecular formula is C30H34FN5O2. The van der Waals surface area contributed by atoms with Gasteiger partial charge in [-0.25, -0.2) is 4.39 Å². The summed E-state index contributed by atoms with van der Waals surface area (Å²) in [7, 11) is 0. The molecule has 2 saturated carbocycles. The molecule has 4 heterocycles. The minimum Gasteiger partial charge on any atom is -0.507 e. The summed E-state index contributed by atoms with van der Waals surface area (Å²) >= 11 is 0. The average Bonchev–Trinajstić information content (AvgIpc) is 3.31. The molecular weight excluding hydrogens is 481 g/mol. The molecule has 7 nitrogen and oxygen atoms in total. The molecule has 1 aromatic heterocycles. The molecule has 8 rings (SSSR count). The maximum atomic E-state index is 14.7. The van der Waals surface area contributed by atoms with Crippen LogP contribution >= 0.6 is 0 Å². The summed E-state index contributed by atoms with van der Waals surface area (Å²) in [5.41, 5.74) is 9.75. The van der Waals surface area contributed by atoms with E-state index in [9.17, 15) is 9.50 Å². The zero-order valence-electron chi connectivity index (χ0n) is 21.4. The monoisotopic (exact) mass is 515 g/mol. The third kappa shape index (κ3) is 4.06. The van der Waals surface area contributed by atoms with E-state index in [-0.39, 0.29) is 17.7 Å². The molecule has 2 unspecified atom stereocenters. The Morgan fingerprint density at radius 3 is 2.45 bits per heavy atom. The highest BCUT2D eigenvalue weighted by Crippen LogP contribution is 2.62. The largest absolute Gasteiger partial charge is 0.507 e. The second kappa shape index (κ2) is 9.42. The third-order valence-electron chi connectivity index (χ3n) is 9.44. The first-order chi connectivity index (χ1) is 18.5. The van der Waals surface area contributed by atoms with E-state index in [2.05, 4.69) is 20.4 Å². The third-order valence-corrected chi connectivity index (χ3v) is 9.44. The van der Waals surface area contributed by atoms with Gasteiger partial charge in [-0.3, -0.25) is 0 Å². The molecule has 0 amide bonds. The summed E-state index contributed by atoms with van der Waals surface area (Å²) in [6, 6.07) is 14.7. The average molecular weight is 516 g/mol. The van der Waals surface area contributed by atoms with Crippen LogP contribution in [0.1, 0.15) is 37.2 Å². The molecule has 4 N–H and O–H groups in total. The van der Waals surface area contributed by atoms with Crippen LogP contribution in [0.2, 0.25) is 0 Å². The molecule has 3 aliphatic heterocycles. The quantitative estimate of drug-likeness (QED) is 0.458. The lowest BCUT2D eigenvalue weighted by Gasteiger charge is -2.30. The van der Waals surface area contributed by atoms with Gasteiger partial charge in [-0.05, 0) is 104 Å². The maximum Gasteiger partial charge on any atom is 0.169 e. The number of para-hydroxylation sites is 1. The van der Waals surface area contributed by atoms with Crippen LogP contribution < -0.4 is 20.7 Å². The number of rotatable bonds is 5. The Labute approximate surface area is 222 Å². The van der Waals surface area contributed by atoms with Gasteiger partial charge in [0, 0.05) is 18.7 Å². The number of nitrogens with zero attached hydrogens (tertiary/aromatic N) is 3. The number of piperidine rings is 1. The number of ether oxygens (including phenoxy) is 1. The summed E-state index contributed by atoms with van der Waals surface area (Å²) in [6.07, 6.45) is 4.27. The summed E-state index contributed by atoms with van der Waals surface area (Å²) < 4.78 is 20.9. The lowest BCUT2D eigenvalue weighted by atomic mass is 9.84. The number of aromatic hydroxyl groups is 1. The van der Waals surface area contributed by atoms with Gasteiger partial charge < -0.3 is 25.8 Å². The number of phenols is 1. The Balaban J connectivity index is 1.12. The van der Waals surface area contributed by atoms with E-state index in [1.54, 1.807) is 18.2 Å². The first-order valence-electron chi connectivity index (χ1n) is 13.9. The SMILES string of the molecule is Nc1nnc(-c2ccccc2O)cc1N1C[C@@H]2C[C@H]3C(c4ccc(F)c(OC5CCNCC5)c4)C2C[C@H]3C1. The van der Waals surface area contributed by atoms with E-state index in [0.29, 0.717) is 52.4 Å². The van der Waals surface area contributed by atoms with Crippen molar-refractivity contribution in [3.05, 3.63) is 59.9 Å². The minimum absolute atomic E-state index is 0.0800. The minimum atomic E-state index is -0.259. The number of halogens is 1. The number of benzene rings is 2. The first-order valence-corrected chi connectivity index (χ1v) is 13.9. The van der Waals surface area contributed by atoms with Crippen molar-refractivity contribution in [1.29, 1.82) is 0 Å². The molecule has 3 saturated heterocycles. The Bertz CT molecular complexity index is 1330. The van der Waals surface area contributed by atoms with Gasteiger partial charge in [0.05, 0.1) is 11.4 Å². The number of phenolic OH excluding ortho intramolecular Hbond substituents is 1. The number of fused-ring (bicyclic) bond motifs is 2. The number of hydrogen-bond acceptors (Lipinski definition) is 7. The normalized spacial score (nSPS) is 28.6. The van der Waals surface area contributed by atoms with E-state index in [1.807, 2.05) is 30.3 Å². The number of nitrogens with one attached hydrogen (secondary N) is 1. The van der Waals surface area contributed by atoms with Crippen molar-refractivity contribution < 1.29 is 14.2 Å². The van der Waals surface area contributed by atoms with Crippen molar-refractivity contribution >= 4 is 11.5 Å². The van der Waals surface area contributed by atoms with Crippen LogP contribution in [0, 0.1) is 29.5 Å². The molecule has 5 aliphatic rings. The van der Waals surface area contributed by atoms with Crippen LogP contribution in [0.4, 0.5) is 15.9 Å². The van der Waals surface area contributed by atoms with Crippen molar-refractivity contribution in [3.8, 4) is 22.8 Å². The Morgan fingerprint density at radius 2 is 1.71 bits per heavy atom. The van der Waals surface area contributed by atoms with Crippen LogP contribution in [0.25, 0.3) is 11.3 Å². The van der Waals surface area contributed by atoms with Crippen molar-refractivity contribution in [2.45, 2.75) is 37.7 Å². The number of hydrogen-bond donors (Lipinski definition) is 3. The Kier molecular flexibility index (Phi) is 5.87. The van der Waals surface area contributed by atoms with E-state index in [1.165, 1.54) is 18.4 Å². The lowest BCUT2D eigenvalue weighted by molar-refractivity contribution is 0.155. The lowest BCUT2D eigenvalue weighted by Crippen LogP contribution is -2.34. The highest BCUT2D eigenvalue weighted by molar-refractivity contribution is 5.74. The van der Waals surface area contributed by atoms with Gasteiger partial charge in [0.1, 0.15) is 11.9 Å². The summed E-state index contributed by atoms with van der Waals surface area (Å²) in [5, 5.41) is 22.2. The van der Waals surface area contributed by atoms with Gasteiger partial charge in [0.15, 0.2) is 17.4 Å². The van der Waals surface area contributed by atoms with E-state index in [0.717, 1.165) is 44.7 Å². The fraction of sp³-hybridized carbons (Fsp3) is 0.467. The summed E-state index contributed by atoms with van der Waals surface area (Å²) in [4.78, 5) is 2.38. The summed E-state index contributed by atoms with van der Waals surface area (Å²) in [5.74, 6) is 3.45. The number of nitrogen functional groups attached to an aromatic ring is 1. The molecule has 3 aromatic rings. The topological polar surface area (TPSA) is 96.5 Å². The van der Waals surface area contributed by atoms with Crippen molar-refractivity contribution in [2.24, 2.45) is 23.7 Å².